The number of hydrogen-bond acceptors (Lipinski definition) is 1. The van der Waals surface area contributed by atoms with Crippen molar-refractivity contribution in [3.63, 3.8) is 0 Å². The standard InChI is InChI=1S/C16H24N2/c1-4-17-12-14-5-6-15-8-10-18(16(15)11-14)9-7-13(2)3/h5-6,8,10-11,13,17H,4,7,9,12H2,1-3H3. The Kier molecular flexibility index (Phi) is 4.43. The molecular weight excluding hydrogens is 220 g/mol. The van der Waals surface area contributed by atoms with E-state index < -0.39 is 0 Å². The molecule has 0 aliphatic carbocycles. The number of nitrogens with one attached hydrogen (secondary N) is 1. The fourth-order valence-electron chi connectivity index (χ4n) is 2.20. The Hall–Kier alpha value is -1.28. The van der Waals surface area contributed by atoms with Gasteiger partial charge >= 0.3 is 0 Å². The summed E-state index contributed by atoms with van der Waals surface area (Å²) in [5, 5.41) is 4.73. The summed E-state index contributed by atoms with van der Waals surface area (Å²) in [5.74, 6) is 0.757. The Bertz CT molecular complexity index is 497. The molecule has 0 aliphatic rings. The molecule has 0 fully saturated rings. The average molecular weight is 244 g/mol. The molecule has 1 N–H and O–H groups in total. The molecule has 2 heteroatoms. The number of aryl methyl sites for hydroxylation is 1. The van der Waals surface area contributed by atoms with E-state index >= 15 is 0 Å². The Morgan fingerprint density at radius 3 is 2.78 bits per heavy atom. The predicted octanol–water partition coefficient (Wildman–Crippen LogP) is 3.80. The quantitative estimate of drug-likeness (QED) is 0.818. The lowest BCUT2D eigenvalue weighted by Gasteiger charge is -2.09. The van der Waals surface area contributed by atoms with Crippen molar-refractivity contribution < 1.29 is 0 Å². The second kappa shape index (κ2) is 6.05. The molecule has 18 heavy (non-hydrogen) atoms. The van der Waals surface area contributed by atoms with Crippen LogP contribution in [0.5, 0.6) is 0 Å². The zero-order valence-corrected chi connectivity index (χ0v) is 11.7. The van der Waals surface area contributed by atoms with Crippen LogP contribution >= 0.6 is 0 Å². The maximum absolute atomic E-state index is 3.38. The fraction of sp³-hybridized carbons (Fsp3) is 0.500. The van der Waals surface area contributed by atoms with Gasteiger partial charge in [-0.3, -0.25) is 0 Å². The van der Waals surface area contributed by atoms with Gasteiger partial charge in [-0.2, -0.15) is 0 Å². The van der Waals surface area contributed by atoms with E-state index in [-0.39, 0.29) is 0 Å². The SMILES string of the molecule is CCNCc1ccc2ccn(CCC(C)C)c2c1. The lowest BCUT2D eigenvalue weighted by molar-refractivity contribution is 0.524. The van der Waals surface area contributed by atoms with Crippen molar-refractivity contribution in [2.24, 2.45) is 5.92 Å². The molecule has 0 atom stereocenters. The van der Waals surface area contributed by atoms with Crippen molar-refractivity contribution in [3.8, 4) is 0 Å². The van der Waals surface area contributed by atoms with E-state index in [0.717, 1.165) is 25.6 Å². The van der Waals surface area contributed by atoms with E-state index in [2.05, 4.69) is 61.1 Å². The van der Waals surface area contributed by atoms with Crippen molar-refractivity contribution in [3.05, 3.63) is 36.0 Å². The van der Waals surface area contributed by atoms with Crippen LogP contribution in [0.4, 0.5) is 0 Å². The van der Waals surface area contributed by atoms with Crippen LogP contribution in [0.15, 0.2) is 30.5 Å². The third kappa shape index (κ3) is 3.14. The highest BCUT2D eigenvalue weighted by Gasteiger charge is 2.03. The predicted molar refractivity (Wildman–Crippen MR) is 78.8 cm³/mol. The molecule has 0 spiro atoms. The van der Waals surface area contributed by atoms with E-state index in [1.54, 1.807) is 0 Å². The van der Waals surface area contributed by atoms with Gasteiger partial charge in [-0.15, -0.1) is 0 Å². The van der Waals surface area contributed by atoms with Crippen molar-refractivity contribution in [2.45, 2.75) is 40.3 Å². The second-order valence-corrected chi connectivity index (χ2v) is 5.37. The first-order chi connectivity index (χ1) is 8.70. The third-order valence-electron chi connectivity index (χ3n) is 3.36. The molecule has 1 heterocycles. The van der Waals surface area contributed by atoms with Crippen molar-refractivity contribution in [2.75, 3.05) is 6.54 Å². The van der Waals surface area contributed by atoms with E-state index in [1.165, 1.54) is 22.9 Å². The van der Waals surface area contributed by atoms with Gasteiger partial charge in [-0.25, -0.2) is 0 Å². The van der Waals surface area contributed by atoms with Gasteiger partial charge in [0.1, 0.15) is 0 Å². The molecule has 1 aromatic heterocycles. The highest BCUT2D eigenvalue weighted by atomic mass is 14.9. The van der Waals surface area contributed by atoms with Crippen LogP contribution in [-0.4, -0.2) is 11.1 Å². The van der Waals surface area contributed by atoms with Crippen LogP contribution in [0.3, 0.4) is 0 Å². The van der Waals surface area contributed by atoms with Gasteiger partial charge in [0.2, 0.25) is 0 Å². The lowest BCUT2D eigenvalue weighted by Crippen LogP contribution is -2.11. The van der Waals surface area contributed by atoms with Gasteiger partial charge in [0, 0.05) is 24.8 Å². The zero-order valence-electron chi connectivity index (χ0n) is 11.7. The lowest BCUT2D eigenvalue weighted by atomic mass is 10.1. The molecule has 0 unspecified atom stereocenters. The van der Waals surface area contributed by atoms with Crippen LogP contribution in [0.1, 0.15) is 32.8 Å². The molecular formula is C16H24N2. The summed E-state index contributed by atoms with van der Waals surface area (Å²) < 4.78 is 2.38. The smallest absolute Gasteiger partial charge is 0.0483 e. The van der Waals surface area contributed by atoms with Gasteiger partial charge in [0.25, 0.3) is 0 Å². The molecule has 1 aromatic carbocycles. The van der Waals surface area contributed by atoms with Crippen LogP contribution in [0.2, 0.25) is 0 Å². The summed E-state index contributed by atoms with van der Waals surface area (Å²) in [6.45, 7) is 9.80. The molecule has 0 aliphatic heterocycles. The number of fused-ring (bicyclic) bond motifs is 1. The molecule has 0 saturated carbocycles. The normalized spacial score (nSPS) is 11.6. The summed E-state index contributed by atoms with van der Waals surface area (Å²) in [6.07, 6.45) is 3.45. The highest BCUT2D eigenvalue weighted by Crippen LogP contribution is 2.19. The number of benzene rings is 1. The van der Waals surface area contributed by atoms with Crippen LogP contribution in [0, 0.1) is 5.92 Å². The van der Waals surface area contributed by atoms with Crippen molar-refractivity contribution in [1.82, 2.24) is 9.88 Å². The average Bonchev–Trinajstić information content (AvgIpc) is 2.76. The summed E-state index contributed by atoms with van der Waals surface area (Å²) in [4.78, 5) is 0. The minimum Gasteiger partial charge on any atom is -0.347 e. The monoisotopic (exact) mass is 244 g/mol. The topological polar surface area (TPSA) is 17.0 Å². The van der Waals surface area contributed by atoms with Gasteiger partial charge in [-0.1, -0.05) is 32.9 Å². The summed E-state index contributed by atoms with van der Waals surface area (Å²) in [5.41, 5.74) is 2.74. The maximum atomic E-state index is 3.38. The second-order valence-electron chi connectivity index (χ2n) is 5.37. The van der Waals surface area contributed by atoms with Crippen molar-refractivity contribution in [1.29, 1.82) is 0 Å². The highest BCUT2D eigenvalue weighted by molar-refractivity contribution is 5.80. The van der Waals surface area contributed by atoms with Crippen LogP contribution in [0.25, 0.3) is 10.9 Å². The van der Waals surface area contributed by atoms with Crippen LogP contribution in [-0.2, 0) is 13.1 Å². The fourth-order valence-corrected chi connectivity index (χ4v) is 2.20. The molecule has 0 radical (unpaired) electrons. The molecule has 0 saturated heterocycles. The molecule has 0 amide bonds. The van der Waals surface area contributed by atoms with Crippen molar-refractivity contribution >= 4 is 10.9 Å². The minimum atomic E-state index is 0.757. The van der Waals surface area contributed by atoms with E-state index in [1.807, 2.05) is 0 Å². The molecule has 2 aromatic rings. The third-order valence-corrected chi connectivity index (χ3v) is 3.36. The first kappa shape index (κ1) is 13.2. The number of aromatic nitrogens is 1. The Morgan fingerprint density at radius 2 is 2.06 bits per heavy atom. The molecule has 0 bridgehead atoms. The van der Waals surface area contributed by atoms with E-state index in [0.29, 0.717) is 0 Å². The first-order valence-corrected chi connectivity index (χ1v) is 6.99. The minimum absolute atomic E-state index is 0.757. The van der Waals surface area contributed by atoms with Crippen LogP contribution < -0.4 is 5.32 Å². The Labute approximate surface area is 110 Å². The first-order valence-electron chi connectivity index (χ1n) is 6.99. The van der Waals surface area contributed by atoms with E-state index in [9.17, 15) is 0 Å². The number of nitrogens with zero attached hydrogens (tertiary/aromatic N) is 1. The molecule has 98 valence electrons. The maximum Gasteiger partial charge on any atom is 0.0483 e. The van der Waals surface area contributed by atoms with Gasteiger partial charge in [0.15, 0.2) is 0 Å². The summed E-state index contributed by atoms with van der Waals surface area (Å²) in [7, 11) is 0. The molecule has 2 rings (SSSR count). The number of hydrogen-bond donors (Lipinski definition) is 1. The zero-order chi connectivity index (χ0) is 13.0. The summed E-state index contributed by atoms with van der Waals surface area (Å²) >= 11 is 0. The molecule has 2 nitrogen and oxygen atoms in total. The summed E-state index contributed by atoms with van der Waals surface area (Å²) in [6, 6.07) is 8.98. The van der Waals surface area contributed by atoms with Gasteiger partial charge in [0.05, 0.1) is 0 Å². The largest absolute Gasteiger partial charge is 0.347 e. The van der Waals surface area contributed by atoms with Gasteiger partial charge in [-0.05, 0) is 42.0 Å². The van der Waals surface area contributed by atoms with E-state index in [4.69, 9.17) is 0 Å². The Balaban J connectivity index is 2.20. The Morgan fingerprint density at radius 1 is 1.22 bits per heavy atom. The van der Waals surface area contributed by atoms with Gasteiger partial charge < -0.3 is 9.88 Å². The number of rotatable bonds is 6.